The minimum absolute atomic E-state index is 0.0496. The Morgan fingerprint density at radius 2 is 2.20 bits per heavy atom. The predicted molar refractivity (Wildman–Crippen MR) is 79.8 cm³/mol. The summed E-state index contributed by atoms with van der Waals surface area (Å²) in [6.45, 7) is 3.82. The number of anilines is 1. The number of hydrogen-bond acceptors (Lipinski definition) is 4. The molecule has 0 spiro atoms. The van der Waals surface area contributed by atoms with Gasteiger partial charge in [0.2, 0.25) is 5.91 Å². The van der Waals surface area contributed by atoms with Crippen molar-refractivity contribution in [3.05, 3.63) is 23.8 Å². The van der Waals surface area contributed by atoms with Gasteiger partial charge in [-0.15, -0.1) is 0 Å². The van der Waals surface area contributed by atoms with Crippen LogP contribution < -0.4 is 15.8 Å². The van der Waals surface area contributed by atoms with Crippen LogP contribution in [0.25, 0.3) is 0 Å². The summed E-state index contributed by atoms with van der Waals surface area (Å²) in [4.78, 5) is 11.6. The van der Waals surface area contributed by atoms with Crippen LogP contribution in [0.2, 0.25) is 0 Å². The lowest BCUT2D eigenvalue weighted by Crippen LogP contribution is -2.25. The number of hydrogen-bond donors (Lipinski definition) is 2. The van der Waals surface area contributed by atoms with Gasteiger partial charge in [-0.3, -0.25) is 4.79 Å². The summed E-state index contributed by atoms with van der Waals surface area (Å²) in [5.41, 5.74) is 7.54. The average Bonchev–Trinajstić information content (AvgIpc) is 2.44. The van der Waals surface area contributed by atoms with Crippen molar-refractivity contribution in [2.75, 3.05) is 32.6 Å². The zero-order chi connectivity index (χ0) is 14.8. The highest BCUT2D eigenvalue weighted by molar-refractivity contribution is 5.76. The van der Waals surface area contributed by atoms with Gasteiger partial charge < -0.3 is 20.5 Å². The Kier molecular flexibility index (Phi) is 7.50. The second-order valence-corrected chi connectivity index (χ2v) is 4.50. The largest absolute Gasteiger partial charge is 0.492 e. The summed E-state index contributed by atoms with van der Waals surface area (Å²) in [6, 6.07) is 5.66. The van der Waals surface area contributed by atoms with E-state index in [0.717, 1.165) is 12.0 Å². The van der Waals surface area contributed by atoms with E-state index in [-0.39, 0.29) is 5.91 Å². The fraction of sp³-hybridized carbons (Fsp3) is 0.533. The third-order valence-corrected chi connectivity index (χ3v) is 2.86. The molecule has 0 radical (unpaired) electrons. The first-order valence-electron chi connectivity index (χ1n) is 6.94. The van der Waals surface area contributed by atoms with Crippen LogP contribution in [0.15, 0.2) is 18.2 Å². The summed E-state index contributed by atoms with van der Waals surface area (Å²) >= 11 is 0. The minimum Gasteiger partial charge on any atom is -0.492 e. The number of nitrogens with two attached hydrogens (primary N) is 1. The second-order valence-electron chi connectivity index (χ2n) is 4.50. The number of amides is 1. The van der Waals surface area contributed by atoms with E-state index in [9.17, 15) is 4.79 Å². The van der Waals surface area contributed by atoms with E-state index in [0.29, 0.717) is 44.0 Å². The Hall–Kier alpha value is -1.75. The van der Waals surface area contributed by atoms with E-state index in [4.69, 9.17) is 15.2 Å². The first kappa shape index (κ1) is 16.3. The molecule has 0 aliphatic carbocycles. The van der Waals surface area contributed by atoms with E-state index in [1.807, 2.05) is 25.1 Å². The molecule has 0 fully saturated rings. The van der Waals surface area contributed by atoms with Crippen molar-refractivity contribution in [2.24, 2.45) is 0 Å². The molecule has 1 aromatic rings. The van der Waals surface area contributed by atoms with Crippen LogP contribution in [0.4, 0.5) is 5.69 Å². The molecule has 3 N–H and O–H groups in total. The van der Waals surface area contributed by atoms with Crippen LogP contribution in [-0.4, -0.2) is 32.8 Å². The number of carbonyl (C=O) groups excluding carboxylic acids is 1. The van der Waals surface area contributed by atoms with Crippen LogP contribution in [0, 0.1) is 0 Å². The van der Waals surface area contributed by atoms with Crippen molar-refractivity contribution in [3.63, 3.8) is 0 Å². The van der Waals surface area contributed by atoms with E-state index >= 15 is 0 Å². The molecule has 1 amide bonds. The molecule has 112 valence electrons. The SMILES string of the molecule is CCOc1ccc(CCC(=O)NCCCOC)cc1N. The maximum absolute atomic E-state index is 11.6. The quantitative estimate of drug-likeness (QED) is 0.534. The number of benzene rings is 1. The molecule has 0 saturated heterocycles. The summed E-state index contributed by atoms with van der Waals surface area (Å²) in [5, 5.41) is 2.86. The fourth-order valence-corrected chi connectivity index (χ4v) is 1.83. The van der Waals surface area contributed by atoms with E-state index in [1.54, 1.807) is 7.11 Å². The van der Waals surface area contributed by atoms with Gasteiger partial charge in [0.25, 0.3) is 0 Å². The van der Waals surface area contributed by atoms with Gasteiger partial charge in [0.1, 0.15) is 5.75 Å². The Bertz CT molecular complexity index is 422. The van der Waals surface area contributed by atoms with E-state index < -0.39 is 0 Å². The summed E-state index contributed by atoms with van der Waals surface area (Å²) in [5.74, 6) is 0.744. The van der Waals surface area contributed by atoms with Gasteiger partial charge in [0.15, 0.2) is 0 Å². The normalized spacial score (nSPS) is 10.3. The molecule has 0 aliphatic rings. The number of nitrogens with one attached hydrogen (secondary N) is 1. The third-order valence-electron chi connectivity index (χ3n) is 2.86. The number of nitrogen functional groups attached to an aromatic ring is 1. The summed E-state index contributed by atoms with van der Waals surface area (Å²) in [6.07, 6.45) is 1.96. The minimum atomic E-state index is 0.0496. The van der Waals surface area contributed by atoms with Gasteiger partial charge in [-0.05, 0) is 37.5 Å². The first-order valence-corrected chi connectivity index (χ1v) is 6.94. The lowest BCUT2D eigenvalue weighted by atomic mass is 10.1. The molecular formula is C15H24N2O3. The standard InChI is InChI=1S/C15H24N2O3/c1-3-20-14-7-5-12(11-13(14)16)6-8-15(18)17-9-4-10-19-2/h5,7,11H,3-4,6,8-10,16H2,1-2H3,(H,17,18). The smallest absolute Gasteiger partial charge is 0.220 e. The summed E-state index contributed by atoms with van der Waals surface area (Å²) in [7, 11) is 1.65. The molecular weight excluding hydrogens is 256 g/mol. The fourth-order valence-electron chi connectivity index (χ4n) is 1.83. The molecule has 5 heteroatoms. The summed E-state index contributed by atoms with van der Waals surface area (Å²) < 4.78 is 10.3. The zero-order valence-electron chi connectivity index (χ0n) is 12.3. The van der Waals surface area contributed by atoms with Crippen LogP contribution in [-0.2, 0) is 16.0 Å². The molecule has 0 aromatic heterocycles. The molecule has 1 aromatic carbocycles. The molecule has 0 atom stereocenters. The van der Waals surface area contributed by atoms with Crippen molar-refractivity contribution in [1.82, 2.24) is 5.32 Å². The van der Waals surface area contributed by atoms with Gasteiger partial charge >= 0.3 is 0 Å². The van der Waals surface area contributed by atoms with Crippen molar-refractivity contribution in [1.29, 1.82) is 0 Å². The molecule has 0 unspecified atom stereocenters. The van der Waals surface area contributed by atoms with Crippen LogP contribution in [0.5, 0.6) is 5.75 Å². The highest BCUT2D eigenvalue weighted by Crippen LogP contribution is 2.23. The van der Waals surface area contributed by atoms with Crippen molar-refractivity contribution >= 4 is 11.6 Å². The highest BCUT2D eigenvalue weighted by atomic mass is 16.5. The number of ether oxygens (including phenoxy) is 2. The van der Waals surface area contributed by atoms with Gasteiger partial charge in [-0.2, -0.15) is 0 Å². The Balaban J connectivity index is 2.34. The van der Waals surface area contributed by atoms with Crippen molar-refractivity contribution < 1.29 is 14.3 Å². The van der Waals surface area contributed by atoms with Gasteiger partial charge in [0.05, 0.1) is 12.3 Å². The van der Waals surface area contributed by atoms with Crippen LogP contribution in [0.3, 0.4) is 0 Å². The van der Waals surface area contributed by atoms with Crippen LogP contribution >= 0.6 is 0 Å². The molecule has 0 saturated carbocycles. The topological polar surface area (TPSA) is 73.6 Å². The number of aryl methyl sites for hydroxylation is 1. The molecule has 20 heavy (non-hydrogen) atoms. The van der Waals surface area contributed by atoms with Gasteiger partial charge in [-0.1, -0.05) is 6.07 Å². The predicted octanol–water partition coefficient (Wildman–Crippen LogP) is 1.75. The Morgan fingerprint density at radius 1 is 1.40 bits per heavy atom. The number of methoxy groups -OCH3 is 1. The third kappa shape index (κ3) is 5.93. The molecule has 0 heterocycles. The Morgan fingerprint density at radius 3 is 2.85 bits per heavy atom. The maximum Gasteiger partial charge on any atom is 0.220 e. The van der Waals surface area contributed by atoms with E-state index in [2.05, 4.69) is 5.32 Å². The molecule has 0 bridgehead atoms. The van der Waals surface area contributed by atoms with Crippen LogP contribution in [0.1, 0.15) is 25.3 Å². The van der Waals surface area contributed by atoms with Crippen molar-refractivity contribution in [2.45, 2.75) is 26.2 Å². The first-order chi connectivity index (χ1) is 9.67. The zero-order valence-corrected chi connectivity index (χ0v) is 12.3. The lowest BCUT2D eigenvalue weighted by molar-refractivity contribution is -0.121. The highest BCUT2D eigenvalue weighted by Gasteiger charge is 2.05. The second kappa shape index (κ2) is 9.20. The average molecular weight is 280 g/mol. The van der Waals surface area contributed by atoms with Gasteiger partial charge in [0, 0.05) is 26.7 Å². The lowest BCUT2D eigenvalue weighted by Gasteiger charge is -2.09. The van der Waals surface area contributed by atoms with E-state index in [1.165, 1.54) is 0 Å². The maximum atomic E-state index is 11.6. The Labute approximate surface area is 120 Å². The molecule has 1 rings (SSSR count). The van der Waals surface area contributed by atoms with Crippen molar-refractivity contribution in [3.8, 4) is 5.75 Å². The molecule has 5 nitrogen and oxygen atoms in total. The number of rotatable bonds is 9. The van der Waals surface area contributed by atoms with Gasteiger partial charge in [-0.25, -0.2) is 0 Å². The molecule has 0 aliphatic heterocycles. The number of carbonyl (C=O) groups is 1. The monoisotopic (exact) mass is 280 g/mol.